The fourth-order valence-corrected chi connectivity index (χ4v) is 4.72. The Morgan fingerprint density at radius 2 is 1.70 bits per heavy atom. The number of hydrogen-bond donors (Lipinski definition) is 2. The van der Waals surface area contributed by atoms with Crippen molar-refractivity contribution in [2.45, 2.75) is 13.0 Å². The van der Waals surface area contributed by atoms with Crippen LogP contribution in [0.15, 0.2) is 110 Å². The van der Waals surface area contributed by atoms with Crippen molar-refractivity contribution >= 4 is 35.2 Å². The predicted molar refractivity (Wildman–Crippen MR) is 161 cm³/mol. The molecule has 10 nitrogen and oxygen atoms in total. The quantitative estimate of drug-likeness (QED) is 0.238. The number of nitrogens with zero attached hydrogens (tertiary/aromatic N) is 4. The van der Waals surface area contributed by atoms with E-state index in [9.17, 15) is 14.4 Å². The molecule has 0 spiro atoms. The van der Waals surface area contributed by atoms with Gasteiger partial charge in [-0.3, -0.25) is 14.6 Å². The molecular weight excluding hydrogens is 544 g/mol. The summed E-state index contributed by atoms with van der Waals surface area (Å²) in [6.07, 6.45) is 4.41. The Labute approximate surface area is 247 Å². The number of benzene rings is 3. The Bertz CT molecular complexity index is 1800. The van der Waals surface area contributed by atoms with Gasteiger partial charge in [0.1, 0.15) is 12.6 Å². The third kappa shape index (κ3) is 5.94. The van der Waals surface area contributed by atoms with Crippen LogP contribution in [0.1, 0.15) is 37.9 Å². The van der Waals surface area contributed by atoms with Crippen LogP contribution in [0.2, 0.25) is 0 Å². The van der Waals surface area contributed by atoms with Gasteiger partial charge in [-0.2, -0.15) is 0 Å². The van der Waals surface area contributed by atoms with Crippen molar-refractivity contribution in [3.63, 3.8) is 0 Å². The van der Waals surface area contributed by atoms with Crippen LogP contribution < -0.4 is 10.6 Å². The lowest BCUT2D eigenvalue weighted by atomic mass is 10.1. The maximum atomic E-state index is 13.2. The number of anilines is 3. The monoisotopic (exact) mass is 570 g/mol. The van der Waals surface area contributed by atoms with E-state index < -0.39 is 18.0 Å². The molecule has 3 amide bonds. The first kappa shape index (κ1) is 27.3. The molecule has 1 aliphatic rings. The maximum absolute atomic E-state index is 13.2. The van der Waals surface area contributed by atoms with Crippen LogP contribution in [0.3, 0.4) is 0 Å². The molecule has 0 radical (unpaired) electrons. The summed E-state index contributed by atoms with van der Waals surface area (Å²) in [5.74, 6) is -0.441. The zero-order valence-electron chi connectivity index (χ0n) is 23.1. The van der Waals surface area contributed by atoms with Crippen molar-refractivity contribution in [1.82, 2.24) is 19.9 Å². The molecule has 0 aliphatic carbocycles. The summed E-state index contributed by atoms with van der Waals surface area (Å²) in [4.78, 5) is 52.9. The summed E-state index contributed by atoms with van der Waals surface area (Å²) in [7, 11) is 0. The number of aromatic nitrogens is 3. The summed E-state index contributed by atoms with van der Waals surface area (Å²) in [5.41, 5.74) is 5.25. The van der Waals surface area contributed by atoms with Gasteiger partial charge in [-0.05, 0) is 72.6 Å². The number of carbonyl (C=O) groups excluding carboxylic acids is 3. The second kappa shape index (κ2) is 11.9. The fourth-order valence-electron chi connectivity index (χ4n) is 4.72. The van der Waals surface area contributed by atoms with E-state index in [1.807, 2.05) is 61.5 Å². The number of rotatable bonds is 7. The fraction of sp³-hybridized carbons (Fsp3) is 0.0909. The predicted octanol–water partition coefficient (Wildman–Crippen LogP) is 6.18. The third-order valence-corrected chi connectivity index (χ3v) is 7.03. The molecule has 1 unspecified atom stereocenters. The number of imide groups is 1. The van der Waals surface area contributed by atoms with E-state index in [2.05, 4.69) is 25.6 Å². The van der Waals surface area contributed by atoms with Gasteiger partial charge >= 0.3 is 6.09 Å². The smallest absolute Gasteiger partial charge is 0.417 e. The van der Waals surface area contributed by atoms with Crippen LogP contribution in [0.5, 0.6) is 0 Å². The standard InChI is InChI=1S/C33H26N6O4/c1-21-9-14-26(18-28(21)38-32-35-17-15-27(37-32)25-8-5-16-34-19-25)36-30(40)23-10-12-24(13-11-23)31(41)39-29(20-43-33(39)42)22-6-3-2-4-7-22/h2-19,29H,20H2,1H3,(H,36,40)(H,35,37,38). The molecule has 5 aromatic rings. The van der Waals surface area contributed by atoms with Crippen molar-refractivity contribution in [3.05, 3.63) is 132 Å². The van der Waals surface area contributed by atoms with Gasteiger partial charge in [0.05, 0.1) is 5.69 Å². The van der Waals surface area contributed by atoms with Crippen LogP contribution >= 0.6 is 0 Å². The van der Waals surface area contributed by atoms with Gasteiger partial charge in [0, 0.05) is 46.7 Å². The molecule has 1 aliphatic heterocycles. The Hall–Kier alpha value is -5.90. The first-order chi connectivity index (χ1) is 21.0. The van der Waals surface area contributed by atoms with Gasteiger partial charge in [0.25, 0.3) is 11.8 Å². The van der Waals surface area contributed by atoms with Crippen LogP contribution in [0.4, 0.5) is 22.1 Å². The first-order valence-electron chi connectivity index (χ1n) is 13.5. The highest BCUT2D eigenvalue weighted by atomic mass is 16.6. The molecule has 2 N–H and O–H groups in total. The molecule has 6 rings (SSSR count). The molecular formula is C33H26N6O4. The van der Waals surface area contributed by atoms with Gasteiger partial charge in [0.15, 0.2) is 0 Å². The average molecular weight is 571 g/mol. The molecule has 1 fully saturated rings. The minimum Gasteiger partial charge on any atom is -0.446 e. The van der Waals surface area contributed by atoms with Crippen LogP contribution in [0.25, 0.3) is 11.3 Å². The molecule has 10 heteroatoms. The SMILES string of the molecule is Cc1ccc(NC(=O)c2ccc(C(=O)N3C(=O)OCC3c3ccccc3)cc2)cc1Nc1nccc(-c2cccnc2)n1. The molecule has 212 valence electrons. The summed E-state index contributed by atoms with van der Waals surface area (Å²) in [6.45, 7) is 2.03. The second-order valence-electron chi connectivity index (χ2n) is 9.87. The Balaban J connectivity index is 1.14. The highest BCUT2D eigenvalue weighted by Gasteiger charge is 2.39. The summed E-state index contributed by atoms with van der Waals surface area (Å²) in [5, 5.41) is 6.12. The lowest BCUT2D eigenvalue weighted by Gasteiger charge is -2.20. The third-order valence-electron chi connectivity index (χ3n) is 7.03. The van der Waals surface area contributed by atoms with Crippen molar-refractivity contribution in [2.75, 3.05) is 17.2 Å². The number of aryl methyl sites for hydroxylation is 1. The van der Waals surface area contributed by atoms with Gasteiger partial charge in [0.2, 0.25) is 5.95 Å². The highest BCUT2D eigenvalue weighted by Crippen LogP contribution is 2.30. The van der Waals surface area contributed by atoms with Crippen molar-refractivity contribution in [3.8, 4) is 11.3 Å². The number of nitrogens with one attached hydrogen (secondary N) is 2. The van der Waals surface area contributed by atoms with E-state index in [1.165, 1.54) is 12.1 Å². The van der Waals surface area contributed by atoms with E-state index in [0.717, 1.165) is 33.0 Å². The van der Waals surface area contributed by atoms with E-state index in [4.69, 9.17) is 4.74 Å². The van der Waals surface area contributed by atoms with E-state index >= 15 is 0 Å². The van der Waals surface area contributed by atoms with E-state index in [1.54, 1.807) is 42.9 Å². The second-order valence-corrected chi connectivity index (χ2v) is 9.87. The number of amides is 3. The molecule has 2 aromatic heterocycles. The summed E-state index contributed by atoms with van der Waals surface area (Å²) in [6, 6.07) is 25.9. The number of hydrogen-bond acceptors (Lipinski definition) is 8. The minimum atomic E-state index is -0.696. The van der Waals surface area contributed by atoms with E-state index in [-0.39, 0.29) is 18.1 Å². The number of cyclic esters (lactones) is 1. The number of carbonyl (C=O) groups is 3. The molecule has 1 atom stereocenters. The Morgan fingerprint density at radius 3 is 2.47 bits per heavy atom. The molecule has 3 aromatic carbocycles. The van der Waals surface area contributed by atoms with Gasteiger partial charge in [-0.15, -0.1) is 0 Å². The lowest BCUT2D eigenvalue weighted by Crippen LogP contribution is -2.34. The maximum Gasteiger partial charge on any atom is 0.417 e. The van der Waals surface area contributed by atoms with Crippen molar-refractivity contribution in [1.29, 1.82) is 0 Å². The topological polar surface area (TPSA) is 126 Å². The highest BCUT2D eigenvalue weighted by molar-refractivity contribution is 6.07. The Kier molecular flexibility index (Phi) is 7.56. The van der Waals surface area contributed by atoms with E-state index in [0.29, 0.717) is 17.2 Å². The van der Waals surface area contributed by atoms with Gasteiger partial charge in [-0.25, -0.2) is 19.7 Å². The summed E-state index contributed by atoms with van der Waals surface area (Å²) < 4.78 is 5.17. The molecule has 0 bridgehead atoms. The van der Waals surface area contributed by atoms with Gasteiger partial charge < -0.3 is 15.4 Å². The zero-order chi connectivity index (χ0) is 29.8. The average Bonchev–Trinajstić information content (AvgIpc) is 3.44. The first-order valence-corrected chi connectivity index (χ1v) is 13.5. The molecule has 0 saturated carbocycles. The summed E-state index contributed by atoms with van der Waals surface area (Å²) >= 11 is 0. The van der Waals surface area contributed by atoms with Crippen LogP contribution in [-0.4, -0.2) is 44.4 Å². The number of ether oxygens (including phenoxy) is 1. The molecule has 1 saturated heterocycles. The Morgan fingerprint density at radius 1 is 0.907 bits per heavy atom. The van der Waals surface area contributed by atoms with Crippen molar-refractivity contribution in [2.24, 2.45) is 0 Å². The largest absolute Gasteiger partial charge is 0.446 e. The minimum absolute atomic E-state index is 0.0878. The zero-order valence-corrected chi connectivity index (χ0v) is 23.1. The molecule has 3 heterocycles. The van der Waals surface area contributed by atoms with Crippen LogP contribution in [0, 0.1) is 6.92 Å². The van der Waals surface area contributed by atoms with Gasteiger partial charge in [-0.1, -0.05) is 36.4 Å². The van der Waals surface area contributed by atoms with Crippen molar-refractivity contribution < 1.29 is 19.1 Å². The van der Waals surface area contributed by atoms with Crippen LogP contribution in [-0.2, 0) is 4.74 Å². The lowest BCUT2D eigenvalue weighted by molar-refractivity contribution is 0.0773. The normalized spacial score (nSPS) is 14.2. The molecule has 43 heavy (non-hydrogen) atoms. The number of pyridine rings is 1.